The molecular formula is C16H26BrNO. The maximum absolute atomic E-state index is 5.08. The van der Waals surface area contributed by atoms with Crippen LogP contribution in [0.3, 0.4) is 0 Å². The smallest absolute Gasteiger partial charge is 0.0587 e. The molecule has 0 aliphatic heterocycles. The summed E-state index contributed by atoms with van der Waals surface area (Å²) >= 11 is 3.55. The quantitative estimate of drug-likeness (QED) is 0.695. The number of ether oxygens (including phenoxy) is 1. The zero-order chi connectivity index (χ0) is 14.1. The normalized spacial score (nSPS) is 14.3. The topological polar surface area (TPSA) is 21.3 Å². The molecule has 0 bridgehead atoms. The number of halogens is 1. The molecule has 19 heavy (non-hydrogen) atoms. The van der Waals surface area contributed by atoms with E-state index in [-0.39, 0.29) is 0 Å². The third-order valence-electron chi connectivity index (χ3n) is 3.73. The highest BCUT2D eigenvalue weighted by Crippen LogP contribution is 2.21. The van der Waals surface area contributed by atoms with Crippen LogP contribution in [0, 0.1) is 11.8 Å². The maximum atomic E-state index is 5.08. The lowest BCUT2D eigenvalue weighted by Crippen LogP contribution is -2.30. The minimum atomic E-state index is 0.677. The Kier molecular flexibility index (Phi) is 8.35. The fraction of sp³-hybridized carbons (Fsp3) is 0.625. The summed E-state index contributed by atoms with van der Waals surface area (Å²) in [6.45, 7) is 7.39. The Bertz CT molecular complexity index is 356. The monoisotopic (exact) mass is 327 g/mol. The van der Waals surface area contributed by atoms with E-state index >= 15 is 0 Å². The van der Waals surface area contributed by atoms with Crippen LogP contribution in [0.4, 0.5) is 0 Å². The molecule has 0 aliphatic carbocycles. The van der Waals surface area contributed by atoms with Crippen LogP contribution >= 0.6 is 15.9 Å². The SMILES string of the molecule is CCC(C)C(CNCCOC)Cc1cccc(Br)c1. The molecule has 0 radical (unpaired) electrons. The second-order valence-corrected chi connectivity index (χ2v) is 6.09. The van der Waals surface area contributed by atoms with Gasteiger partial charge in [0.15, 0.2) is 0 Å². The van der Waals surface area contributed by atoms with Crippen LogP contribution in [0.5, 0.6) is 0 Å². The van der Waals surface area contributed by atoms with Crippen molar-refractivity contribution in [2.45, 2.75) is 26.7 Å². The van der Waals surface area contributed by atoms with E-state index < -0.39 is 0 Å². The van der Waals surface area contributed by atoms with Crippen molar-refractivity contribution < 1.29 is 4.74 Å². The predicted octanol–water partition coefficient (Wildman–Crippen LogP) is 3.89. The molecule has 1 aromatic rings. The highest BCUT2D eigenvalue weighted by Gasteiger charge is 2.16. The van der Waals surface area contributed by atoms with Crippen LogP contribution in [0.25, 0.3) is 0 Å². The lowest BCUT2D eigenvalue weighted by atomic mass is 9.86. The van der Waals surface area contributed by atoms with Crippen molar-refractivity contribution in [1.82, 2.24) is 5.32 Å². The summed E-state index contributed by atoms with van der Waals surface area (Å²) in [6, 6.07) is 8.64. The number of benzene rings is 1. The molecule has 2 nitrogen and oxygen atoms in total. The van der Waals surface area contributed by atoms with Gasteiger partial charge >= 0.3 is 0 Å². The van der Waals surface area contributed by atoms with E-state index in [1.54, 1.807) is 7.11 Å². The molecule has 0 aromatic heterocycles. The van der Waals surface area contributed by atoms with Crippen molar-refractivity contribution >= 4 is 15.9 Å². The highest BCUT2D eigenvalue weighted by molar-refractivity contribution is 9.10. The Hall–Kier alpha value is -0.380. The lowest BCUT2D eigenvalue weighted by Gasteiger charge is -2.23. The molecule has 0 amide bonds. The van der Waals surface area contributed by atoms with Gasteiger partial charge in [0.1, 0.15) is 0 Å². The Labute approximate surface area is 126 Å². The van der Waals surface area contributed by atoms with E-state index in [9.17, 15) is 0 Å². The largest absolute Gasteiger partial charge is 0.383 e. The van der Waals surface area contributed by atoms with Gasteiger partial charge in [0.2, 0.25) is 0 Å². The summed E-state index contributed by atoms with van der Waals surface area (Å²) < 4.78 is 6.24. The lowest BCUT2D eigenvalue weighted by molar-refractivity contribution is 0.195. The molecule has 108 valence electrons. The molecule has 0 spiro atoms. The second-order valence-electron chi connectivity index (χ2n) is 5.18. The molecule has 1 aromatic carbocycles. The van der Waals surface area contributed by atoms with Crippen LogP contribution in [0.15, 0.2) is 28.7 Å². The Balaban J connectivity index is 2.53. The van der Waals surface area contributed by atoms with Crippen LogP contribution in [0.2, 0.25) is 0 Å². The van der Waals surface area contributed by atoms with Crippen molar-refractivity contribution in [3.05, 3.63) is 34.3 Å². The Morgan fingerprint density at radius 2 is 2.16 bits per heavy atom. The number of hydrogen-bond donors (Lipinski definition) is 1. The van der Waals surface area contributed by atoms with E-state index in [1.165, 1.54) is 16.5 Å². The maximum Gasteiger partial charge on any atom is 0.0587 e. The van der Waals surface area contributed by atoms with Crippen molar-refractivity contribution in [1.29, 1.82) is 0 Å². The van der Waals surface area contributed by atoms with Gasteiger partial charge in [-0.15, -0.1) is 0 Å². The summed E-state index contributed by atoms with van der Waals surface area (Å²) in [5, 5.41) is 3.50. The van der Waals surface area contributed by atoms with E-state index in [4.69, 9.17) is 4.74 Å². The molecule has 3 heteroatoms. The van der Waals surface area contributed by atoms with E-state index in [2.05, 4.69) is 59.4 Å². The molecule has 2 atom stereocenters. The molecule has 0 saturated heterocycles. The van der Waals surface area contributed by atoms with Crippen molar-refractivity contribution in [3.8, 4) is 0 Å². The number of hydrogen-bond acceptors (Lipinski definition) is 2. The first-order valence-corrected chi connectivity index (χ1v) is 7.90. The zero-order valence-electron chi connectivity index (χ0n) is 12.3. The molecule has 2 unspecified atom stereocenters. The van der Waals surface area contributed by atoms with Crippen LogP contribution in [0.1, 0.15) is 25.8 Å². The van der Waals surface area contributed by atoms with Gasteiger partial charge in [-0.25, -0.2) is 0 Å². The zero-order valence-corrected chi connectivity index (χ0v) is 13.9. The van der Waals surface area contributed by atoms with Gasteiger partial charge in [-0.1, -0.05) is 48.3 Å². The number of methoxy groups -OCH3 is 1. The van der Waals surface area contributed by atoms with Crippen molar-refractivity contribution in [2.24, 2.45) is 11.8 Å². The molecule has 1 rings (SSSR count). The Morgan fingerprint density at radius 1 is 1.37 bits per heavy atom. The van der Waals surface area contributed by atoms with Gasteiger partial charge < -0.3 is 10.1 Å². The van der Waals surface area contributed by atoms with Gasteiger partial charge in [0.05, 0.1) is 6.61 Å². The van der Waals surface area contributed by atoms with Gasteiger partial charge in [-0.3, -0.25) is 0 Å². The van der Waals surface area contributed by atoms with Crippen LogP contribution in [-0.4, -0.2) is 26.8 Å². The summed E-state index contributed by atoms with van der Waals surface area (Å²) in [5.74, 6) is 1.41. The highest BCUT2D eigenvalue weighted by atomic mass is 79.9. The third kappa shape index (κ3) is 6.55. The van der Waals surface area contributed by atoms with Crippen molar-refractivity contribution in [2.75, 3.05) is 26.8 Å². The Morgan fingerprint density at radius 3 is 2.79 bits per heavy atom. The van der Waals surface area contributed by atoms with Gasteiger partial charge in [-0.2, -0.15) is 0 Å². The average molecular weight is 328 g/mol. The standard InChI is InChI=1S/C16H26BrNO/c1-4-13(2)15(12-18-8-9-19-3)10-14-6-5-7-16(17)11-14/h5-7,11,13,15,18H,4,8-10,12H2,1-3H3. The van der Waals surface area contributed by atoms with Gasteiger partial charge in [0.25, 0.3) is 0 Å². The minimum Gasteiger partial charge on any atom is -0.383 e. The van der Waals surface area contributed by atoms with Crippen molar-refractivity contribution in [3.63, 3.8) is 0 Å². The van der Waals surface area contributed by atoms with E-state index in [0.29, 0.717) is 5.92 Å². The molecule has 1 N–H and O–H groups in total. The van der Waals surface area contributed by atoms with E-state index in [0.717, 1.165) is 32.0 Å². The fourth-order valence-corrected chi connectivity index (χ4v) is 2.68. The third-order valence-corrected chi connectivity index (χ3v) is 4.22. The first kappa shape index (κ1) is 16.7. The molecular weight excluding hydrogens is 302 g/mol. The second kappa shape index (κ2) is 9.51. The van der Waals surface area contributed by atoms with Gasteiger partial charge in [0, 0.05) is 18.1 Å². The van der Waals surface area contributed by atoms with E-state index in [1.807, 2.05) is 0 Å². The number of rotatable bonds is 9. The molecule has 0 fully saturated rings. The summed E-state index contributed by atoms with van der Waals surface area (Å²) in [7, 11) is 1.75. The summed E-state index contributed by atoms with van der Waals surface area (Å²) in [4.78, 5) is 0. The average Bonchev–Trinajstić information content (AvgIpc) is 2.41. The minimum absolute atomic E-state index is 0.677. The van der Waals surface area contributed by atoms with Crippen LogP contribution < -0.4 is 5.32 Å². The fourth-order valence-electron chi connectivity index (χ4n) is 2.24. The molecule has 0 aliphatic rings. The summed E-state index contributed by atoms with van der Waals surface area (Å²) in [6.07, 6.45) is 2.36. The first-order chi connectivity index (χ1) is 9.17. The molecule has 0 saturated carbocycles. The molecule has 0 heterocycles. The predicted molar refractivity (Wildman–Crippen MR) is 85.5 cm³/mol. The summed E-state index contributed by atoms with van der Waals surface area (Å²) in [5.41, 5.74) is 1.41. The first-order valence-electron chi connectivity index (χ1n) is 7.11. The number of nitrogens with one attached hydrogen (secondary N) is 1. The van der Waals surface area contributed by atoms with Crippen LogP contribution in [-0.2, 0) is 11.2 Å². The van der Waals surface area contributed by atoms with Gasteiger partial charge in [-0.05, 0) is 42.5 Å².